The van der Waals surface area contributed by atoms with Crippen LogP contribution in [0.5, 0.6) is 5.75 Å². The van der Waals surface area contributed by atoms with Gasteiger partial charge in [0.05, 0.1) is 16.4 Å². The van der Waals surface area contributed by atoms with Gasteiger partial charge in [0, 0.05) is 5.56 Å². The molecule has 0 unspecified atom stereocenters. The van der Waals surface area contributed by atoms with E-state index in [0.717, 1.165) is 26.1 Å². The summed E-state index contributed by atoms with van der Waals surface area (Å²) >= 11 is 1.56. The van der Waals surface area contributed by atoms with E-state index in [-0.39, 0.29) is 5.75 Å². The Morgan fingerprint density at radius 2 is 2.00 bits per heavy atom. The Morgan fingerprint density at radius 3 is 2.92 bits per heavy atom. The number of nitrogens with one attached hydrogen (secondary N) is 1. The Bertz CT molecular complexity index is 1070. The van der Waals surface area contributed by atoms with Gasteiger partial charge in [0.1, 0.15) is 5.75 Å². The summed E-state index contributed by atoms with van der Waals surface area (Å²) in [5, 5.41) is 17.1. The Labute approximate surface area is 143 Å². The summed E-state index contributed by atoms with van der Waals surface area (Å²) in [4.78, 5) is 4.50. The second kappa shape index (κ2) is 5.94. The third kappa shape index (κ3) is 2.70. The maximum atomic E-state index is 10.1. The summed E-state index contributed by atoms with van der Waals surface area (Å²) in [6.07, 6.45) is 1.63. The number of benzene rings is 3. The lowest BCUT2D eigenvalue weighted by Crippen LogP contribution is -1.91. The van der Waals surface area contributed by atoms with Crippen molar-refractivity contribution in [2.75, 3.05) is 5.43 Å². The van der Waals surface area contributed by atoms with E-state index in [1.165, 1.54) is 5.56 Å². The molecule has 3 aromatic carbocycles. The van der Waals surface area contributed by atoms with Crippen LogP contribution in [0.25, 0.3) is 21.0 Å². The van der Waals surface area contributed by atoms with Crippen molar-refractivity contribution in [2.45, 2.75) is 6.92 Å². The zero-order chi connectivity index (χ0) is 16.5. The normalized spacial score (nSPS) is 11.5. The molecule has 0 saturated heterocycles. The van der Waals surface area contributed by atoms with Crippen LogP contribution in [0.3, 0.4) is 0 Å². The highest BCUT2D eigenvalue weighted by atomic mass is 32.1. The molecular formula is C19H15N3OS. The molecule has 0 radical (unpaired) electrons. The summed E-state index contributed by atoms with van der Waals surface area (Å²) < 4.78 is 1.13. The van der Waals surface area contributed by atoms with E-state index in [1.807, 2.05) is 42.5 Å². The number of aryl methyl sites for hydroxylation is 1. The van der Waals surface area contributed by atoms with Gasteiger partial charge in [0.25, 0.3) is 0 Å². The number of aromatic nitrogens is 1. The average Bonchev–Trinajstić information content (AvgIpc) is 2.98. The first-order valence-corrected chi connectivity index (χ1v) is 8.39. The minimum atomic E-state index is 0.208. The van der Waals surface area contributed by atoms with Gasteiger partial charge in [-0.1, -0.05) is 47.7 Å². The molecule has 0 fully saturated rings. The quantitative estimate of drug-likeness (QED) is 0.414. The standard InChI is InChI=1S/C19H15N3OS/c1-12-6-8-16-18(10-12)24-19(21-16)22-20-11-15-14-5-3-2-4-13(14)7-9-17(15)23/h2-11,23H,1H3,(H,21,22)/b20-11+. The van der Waals surface area contributed by atoms with Crippen LogP contribution in [-0.2, 0) is 0 Å². The van der Waals surface area contributed by atoms with Gasteiger partial charge >= 0.3 is 0 Å². The Hall–Kier alpha value is -2.92. The van der Waals surface area contributed by atoms with Gasteiger partial charge in [-0.25, -0.2) is 4.98 Å². The van der Waals surface area contributed by atoms with Gasteiger partial charge in [-0.2, -0.15) is 5.10 Å². The Balaban J connectivity index is 1.64. The molecule has 0 saturated carbocycles. The molecule has 0 spiro atoms. The average molecular weight is 333 g/mol. The van der Waals surface area contributed by atoms with Crippen molar-refractivity contribution in [3.8, 4) is 5.75 Å². The van der Waals surface area contributed by atoms with Crippen LogP contribution in [-0.4, -0.2) is 16.3 Å². The summed E-state index contributed by atoms with van der Waals surface area (Å²) in [6, 6.07) is 17.6. The predicted octanol–water partition coefficient (Wildman–Crippen LogP) is 4.91. The van der Waals surface area contributed by atoms with Crippen molar-refractivity contribution in [1.29, 1.82) is 0 Å². The highest BCUT2D eigenvalue weighted by Gasteiger charge is 2.05. The minimum absolute atomic E-state index is 0.208. The lowest BCUT2D eigenvalue weighted by molar-refractivity contribution is 0.475. The van der Waals surface area contributed by atoms with E-state index in [9.17, 15) is 5.11 Å². The number of aromatic hydroxyl groups is 1. The Kier molecular flexibility index (Phi) is 3.63. The highest BCUT2D eigenvalue weighted by molar-refractivity contribution is 7.22. The van der Waals surface area contributed by atoms with E-state index in [1.54, 1.807) is 23.6 Å². The van der Waals surface area contributed by atoms with Crippen LogP contribution < -0.4 is 5.43 Å². The number of rotatable bonds is 3. The Morgan fingerprint density at radius 1 is 1.12 bits per heavy atom. The third-order valence-corrected chi connectivity index (χ3v) is 4.77. The van der Waals surface area contributed by atoms with E-state index in [0.29, 0.717) is 5.56 Å². The van der Waals surface area contributed by atoms with Crippen LogP contribution in [0, 0.1) is 6.92 Å². The molecule has 0 aliphatic carbocycles. The van der Waals surface area contributed by atoms with Gasteiger partial charge in [-0.3, -0.25) is 5.43 Å². The zero-order valence-electron chi connectivity index (χ0n) is 13.0. The largest absolute Gasteiger partial charge is 0.507 e. The number of thiazole rings is 1. The molecule has 0 aliphatic heterocycles. The lowest BCUT2D eigenvalue weighted by atomic mass is 10.0. The molecule has 24 heavy (non-hydrogen) atoms. The van der Waals surface area contributed by atoms with Crippen molar-refractivity contribution in [3.05, 3.63) is 65.7 Å². The van der Waals surface area contributed by atoms with Crippen LogP contribution in [0.15, 0.2) is 59.7 Å². The molecule has 0 bridgehead atoms. The fourth-order valence-corrected chi connectivity index (χ4v) is 3.57. The molecule has 4 aromatic rings. The van der Waals surface area contributed by atoms with Crippen LogP contribution in [0.4, 0.5) is 5.13 Å². The number of fused-ring (bicyclic) bond motifs is 2. The number of nitrogens with zero attached hydrogens (tertiary/aromatic N) is 2. The summed E-state index contributed by atoms with van der Waals surface area (Å²) in [7, 11) is 0. The van der Waals surface area contributed by atoms with Gasteiger partial charge in [0.15, 0.2) is 0 Å². The third-order valence-electron chi connectivity index (χ3n) is 3.85. The van der Waals surface area contributed by atoms with Crippen molar-refractivity contribution in [2.24, 2.45) is 5.10 Å². The van der Waals surface area contributed by atoms with Crippen LogP contribution >= 0.6 is 11.3 Å². The van der Waals surface area contributed by atoms with Gasteiger partial charge in [0.2, 0.25) is 5.13 Å². The van der Waals surface area contributed by atoms with Gasteiger partial charge in [-0.15, -0.1) is 0 Å². The van der Waals surface area contributed by atoms with E-state index >= 15 is 0 Å². The fourth-order valence-electron chi connectivity index (χ4n) is 2.65. The van der Waals surface area contributed by atoms with Crippen molar-refractivity contribution in [1.82, 2.24) is 4.98 Å². The molecule has 4 rings (SSSR count). The molecular weight excluding hydrogens is 318 g/mol. The summed E-state index contributed by atoms with van der Waals surface area (Å²) in [5.74, 6) is 0.208. The molecule has 1 aromatic heterocycles. The number of hydrogen-bond donors (Lipinski definition) is 2. The molecule has 0 amide bonds. The van der Waals surface area contributed by atoms with Crippen molar-refractivity contribution >= 4 is 43.7 Å². The predicted molar refractivity (Wildman–Crippen MR) is 101 cm³/mol. The fraction of sp³-hybridized carbons (Fsp3) is 0.0526. The van der Waals surface area contributed by atoms with E-state index < -0.39 is 0 Å². The van der Waals surface area contributed by atoms with E-state index in [2.05, 4.69) is 28.5 Å². The number of hydrogen-bond acceptors (Lipinski definition) is 5. The number of phenols is 1. The molecule has 118 valence electrons. The topological polar surface area (TPSA) is 57.5 Å². The number of phenolic OH excluding ortho intramolecular Hbond substituents is 1. The van der Waals surface area contributed by atoms with Gasteiger partial charge in [-0.05, 0) is 41.5 Å². The maximum absolute atomic E-state index is 10.1. The second-order valence-corrected chi connectivity index (χ2v) is 6.61. The first kappa shape index (κ1) is 14.7. The molecule has 5 heteroatoms. The van der Waals surface area contributed by atoms with Gasteiger partial charge < -0.3 is 5.11 Å². The number of hydrazone groups is 1. The van der Waals surface area contributed by atoms with Crippen LogP contribution in [0.2, 0.25) is 0 Å². The molecule has 0 aliphatic rings. The summed E-state index contributed by atoms with van der Waals surface area (Å²) in [6.45, 7) is 2.06. The molecule has 0 atom stereocenters. The van der Waals surface area contributed by atoms with Crippen LogP contribution in [0.1, 0.15) is 11.1 Å². The smallest absolute Gasteiger partial charge is 0.204 e. The monoisotopic (exact) mass is 333 g/mol. The highest BCUT2D eigenvalue weighted by Crippen LogP contribution is 2.27. The van der Waals surface area contributed by atoms with Crippen molar-refractivity contribution < 1.29 is 5.11 Å². The first-order chi connectivity index (χ1) is 11.7. The molecule has 4 nitrogen and oxygen atoms in total. The van der Waals surface area contributed by atoms with Crippen molar-refractivity contribution in [3.63, 3.8) is 0 Å². The second-order valence-electron chi connectivity index (χ2n) is 5.58. The molecule has 2 N–H and O–H groups in total. The lowest BCUT2D eigenvalue weighted by Gasteiger charge is -2.04. The minimum Gasteiger partial charge on any atom is -0.507 e. The zero-order valence-corrected chi connectivity index (χ0v) is 13.8. The van der Waals surface area contributed by atoms with E-state index in [4.69, 9.17) is 0 Å². The summed E-state index contributed by atoms with van der Waals surface area (Å²) in [5.41, 5.74) is 5.82. The maximum Gasteiger partial charge on any atom is 0.204 e. The first-order valence-electron chi connectivity index (χ1n) is 7.58. The molecule has 1 heterocycles. The SMILES string of the molecule is Cc1ccc2nc(N/N=C/c3c(O)ccc4ccccc34)sc2c1. The number of anilines is 1.